The van der Waals surface area contributed by atoms with Gasteiger partial charge in [0.25, 0.3) is 5.91 Å². The van der Waals surface area contributed by atoms with Crippen LogP contribution in [0.2, 0.25) is 0 Å². The normalized spacial score (nSPS) is 16.7. The van der Waals surface area contributed by atoms with Gasteiger partial charge in [-0.15, -0.1) is 6.58 Å². The summed E-state index contributed by atoms with van der Waals surface area (Å²) < 4.78 is 2.22. The van der Waals surface area contributed by atoms with Crippen molar-refractivity contribution in [2.75, 3.05) is 0 Å². The molecule has 1 aromatic heterocycles. The van der Waals surface area contributed by atoms with Crippen molar-refractivity contribution in [3.05, 3.63) is 82.4 Å². The van der Waals surface area contributed by atoms with Crippen molar-refractivity contribution >= 4 is 45.5 Å². The van der Waals surface area contributed by atoms with Gasteiger partial charge in [0.1, 0.15) is 0 Å². The Kier molecular flexibility index (Phi) is 5.16. The number of allylic oxidation sites excluding steroid dienone is 1. The number of nitrogens with zero attached hydrogens (tertiary/aromatic N) is 2. The summed E-state index contributed by atoms with van der Waals surface area (Å²) in [6.07, 6.45) is 3.86. The third-order valence-electron chi connectivity index (χ3n) is 5.24. The quantitative estimate of drug-likeness (QED) is 0.454. The predicted molar refractivity (Wildman–Crippen MR) is 124 cm³/mol. The molecule has 0 spiro atoms. The molecule has 2 heterocycles. The highest BCUT2D eigenvalue weighted by atomic mass is 32.2. The molecule has 0 unspecified atom stereocenters. The smallest absolute Gasteiger partial charge is 0.264 e. The van der Waals surface area contributed by atoms with E-state index < -0.39 is 0 Å². The Morgan fingerprint density at radius 1 is 1.14 bits per heavy atom. The van der Waals surface area contributed by atoms with Crippen molar-refractivity contribution in [2.24, 2.45) is 4.99 Å². The molecule has 1 saturated heterocycles. The first kappa shape index (κ1) is 19.3. The van der Waals surface area contributed by atoms with Gasteiger partial charge in [-0.1, -0.05) is 30.3 Å². The number of rotatable bonds is 4. The van der Waals surface area contributed by atoms with E-state index in [9.17, 15) is 4.79 Å². The topological polar surface area (TPSA) is 46.4 Å². The van der Waals surface area contributed by atoms with Gasteiger partial charge in [-0.2, -0.15) is 0 Å². The first-order valence-corrected chi connectivity index (χ1v) is 10.3. The molecular formula is C24H23N3OS. The van der Waals surface area contributed by atoms with E-state index in [2.05, 4.69) is 54.4 Å². The van der Waals surface area contributed by atoms with E-state index in [0.717, 1.165) is 34.4 Å². The molecule has 3 aromatic rings. The molecule has 0 bridgehead atoms. The fourth-order valence-corrected chi connectivity index (χ4v) is 4.35. The number of hydrogen-bond donors (Lipinski definition) is 1. The van der Waals surface area contributed by atoms with Gasteiger partial charge in [-0.05, 0) is 67.9 Å². The SMILES string of the molecule is C=CCn1c(C)c(/C=C2\SC(=Nc3ccc(C)c(C)c3)NC2=O)c2ccccc21. The lowest BCUT2D eigenvalue weighted by molar-refractivity contribution is -0.115. The predicted octanol–water partition coefficient (Wildman–Crippen LogP) is 5.64. The van der Waals surface area contributed by atoms with Gasteiger partial charge >= 0.3 is 0 Å². The number of carbonyl (C=O) groups excluding carboxylic acids is 1. The van der Waals surface area contributed by atoms with E-state index in [1.54, 1.807) is 0 Å². The zero-order chi connectivity index (χ0) is 20.5. The van der Waals surface area contributed by atoms with Crippen LogP contribution in [-0.4, -0.2) is 15.6 Å². The van der Waals surface area contributed by atoms with Gasteiger partial charge < -0.3 is 9.88 Å². The number of aromatic nitrogens is 1. The number of amidine groups is 1. The second-order valence-electron chi connectivity index (χ2n) is 7.17. The minimum atomic E-state index is -0.113. The van der Waals surface area contributed by atoms with E-state index in [0.29, 0.717) is 10.1 Å². The standard InChI is InChI=1S/C24H23N3OS/c1-5-12-27-17(4)20(19-8-6-7-9-21(19)27)14-22-23(28)26-24(29-22)25-18-11-10-15(2)16(3)13-18/h5-11,13-14H,1,12H2,2-4H3,(H,25,26,28)/b22-14-. The summed E-state index contributed by atoms with van der Waals surface area (Å²) in [4.78, 5) is 17.8. The maximum absolute atomic E-state index is 12.6. The summed E-state index contributed by atoms with van der Waals surface area (Å²) in [5.74, 6) is -0.113. The zero-order valence-corrected chi connectivity index (χ0v) is 17.6. The summed E-state index contributed by atoms with van der Waals surface area (Å²) in [5.41, 5.74) is 6.57. The first-order valence-electron chi connectivity index (χ1n) is 9.53. The van der Waals surface area contributed by atoms with E-state index >= 15 is 0 Å². The van der Waals surface area contributed by atoms with E-state index in [1.807, 2.05) is 42.5 Å². The minimum Gasteiger partial charge on any atom is -0.340 e. The van der Waals surface area contributed by atoms with Crippen LogP contribution in [-0.2, 0) is 11.3 Å². The van der Waals surface area contributed by atoms with Crippen LogP contribution in [0.4, 0.5) is 5.69 Å². The molecule has 1 aliphatic heterocycles. The number of para-hydroxylation sites is 1. The Morgan fingerprint density at radius 2 is 1.93 bits per heavy atom. The first-order chi connectivity index (χ1) is 14.0. The largest absolute Gasteiger partial charge is 0.340 e. The van der Waals surface area contributed by atoms with Gasteiger partial charge in [0, 0.05) is 28.7 Å². The molecule has 2 aromatic carbocycles. The van der Waals surface area contributed by atoms with Gasteiger partial charge in [-0.3, -0.25) is 4.79 Å². The molecule has 146 valence electrons. The van der Waals surface area contributed by atoms with Gasteiger partial charge in [-0.25, -0.2) is 4.99 Å². The molecule has 1 aliphatic rings. The number of thioether (sulfide) groups is 1. The van der Waals surface area contributed by atoms with Crippen LogP contribution < -0.4 is 5.32 Å². The molecule has 0 aliphatic carbocycles. The van der Waals surface area contributed by atoms with Crippen LogP contribution in [0.5, 0.6) is 0 Å². The van der Waals surface area contributed by atoms with Crippen molar-refractivity contribution in [3.63, 3.8) is 0 Å². The van der Waals surface area contributed by atoms with Crippen molar-refractivity contribution in [2.45, 2.75) is 27.3 Å². The van der Waals surface area contributed by atoms with E-state index in [1.165, 1.54) is 22.9 Å². The number of hydrogen-bond acceptors (Lipinski definition) is 3. The number of nitrogens with one attached hydrogen (secondary N) is 1. The second-order valence-corrected chi connectivity index (χ2v) is 8.20. The lowest BCUT2D eigenvalue weighted by Gasteiger charge is -2.04. The molecule has 1 amide bonds. The highest BCUT2D eigenvalue weighted by Gasteiger charge is 2.25. The van der Waals surface area contributed by atoms with Gasteiger partial charge in [0.2, 0.25) is 0 Å². The number of aryl methyl sites for hydroxylation is 2. The number of fused-ring (bicyclic) bond motifs is 1. The summed E-state index contributed by atoms with van der Waals surface area (Å²) in [6.45, 7) is 10.8. The molecule has 4 nitrogen and oxygen atoms in total. The van der Waals surface area contributed by atoms with Crippen molar-refractivity contribution < 1.29 is 4.79 Å². The fraction of sp³-hybridized carbons (Fsp3) is 0.167. The van der Waals surface area contributed by atoms with Crippen molar-refractivity contribution in [1.82, 2.24) is 9.88 Å². The molecular weight excluding hydrogens is 378 g/mol. The van der Waals surface area contributed by atoms with Gasteiger partial charge in [0.15, 0.2) is 5.17 Å². The van der Waals surface area contributed by atoms with Gasteiger partial charge in [0.05, 0.1) is 10.6 Å². The van der Waals surface area contributed by atoms with Crippen LogP contribution in [0.1, 0.15) is 22.4 Å². The number of aliphatic imine (C=N–C) groups is 1. The number of carbonyl (C=O) groups is 1. The van der Waals surface area contributed by atoms with E-state index in [-0.39, 0.29) is 5.91 Å². The molecule has 4 rings (SSSR count). The monoisotopic (exact) mass is 401 g/mol. The average molecular weight is 402 g/mol. The molecule has 29 heavy (non-hydrogen) atoms. The minimum absolute atomic E-state index is 0.113. The Morgan fingerprint density at radius 3 is 2.69 bits per heavy atom. The van der Waals surface area contributed by atoms with Crippen LogP contribution in [0.25, 0.3) is 17.0 Å². The van der Waals surface area contributed by atoms with Crippen LogP contribution in [0, 0.1) is 20.8 Å². The molecule has 5 heteroatoms. The van der Waals surface area contributed by atoms with Crippen LogP contribution >= 0.6 is 11.8 Å². The lowest BCUT2D eigenvalue weighted by Crippen LogP contribution is -2.19. The van der Waals surface area contributed by atoms with Crippen LogP contribution in [0.3, 0.4) is 0 Å². The Labute approximate surface area is 175 Å². The Bertz CT molecular complexity index is 1200. The van der Waals surface area contributed by atoms with Crippen LogP contribution in [0.15, 0.2) is 65.0 Å². The highest BCUT2D eigenvalue weighted by molar-refractivity contribution is 8.18. The Balaban J connectivity index is 1.71. The number of benzene rings is 2. The fourth-order valence-electron chi connectivity index (χ4n) is 3.53. The summed E-state index contributed by atoms with van der Waals surface area (Å²) in [5, 5.41) is 4.63. The molecule has 1 fully saturated rings. The lowest BCUT2D eigenvalue weighted by atomic mass is 10.1. The zero-order valence-electron chi connectivity index (χ0n) is 16.8. The molecule has 0 saturated carbocycles. The Hall–Kier alpha value is -3.05. The summed E-state index contributed by atoms with van der Waals surface area (Å²) in [6, 6.07) is 14.3. The maximum atomic E-state index is 12.6. The van der Waals surface area contributed by atoms with E-state index in [4.69, 9.17) is 0 Å². The average Bonchev–Trinajstić information content (AvgIpc) is 3.17. The maximum Gasteiger partial charge on any atom is 0.264 e. The molecule has 0 radical (unpaired) electrons. The third kappa shape index (κ3) is 3.66. The molecule has 1 N–H and O–H groups in total. The second kappa shape index (κ2) is 7.76. The number of amides is 1. The van der Waals surface area contributed by atoms with Crippen molar-refractivity contribution in [3.8, 4) is 0 Å². The molecule has 0 atom stereocenters. The summed E-state index contributed by atoms with van der Waals surface area (Å²) in [7, 11) is 0. The third-order valence-corrected chi connectivity index (χ3v) is 6.15. The summed E-state index contributed by atoms with van der Waals surface area (Å²) >= 11 is 1.38. The van der Waals surface area contributed by atoms with Crippen molar-refractivity contribution in [1.29, 1.82) is 0 Å². The highest BCUT2D eigenvalue weighted by Crippen LogP contribution is 2.33.